The first-order valence-corrected chi connectivity index (χ1v) is 11.7. The lowest BCUT2D eigenvalue weighted by atomic mass is 9.96. The fraction of sp³-hybridized carbons (Fsp3) is 0.435. The van der Waals surface area contributed by atoms with Crippen LogP contribution in [-0.4, -0.2) is 55.7 Å². The van der Waals surface area contributed by atoms with Crippen LogP contribution in [0.3, 0.4) is 0 Å². The number of carbonyl (C=O) groups is 1. The summed E-state index contributed by atoms with van der Waals surface area (Å²) in [5.74, 6) is 1.27. The Balaban J connectivity index is 1.40. The van der Waals surface area contributed by atoms with E-state index in [4.69, 9.17) is 10.7 Å². The topological polar surface area (TPSA) is 95.1 Å². The Morgan fingerprint density at radius 3 is 3.00 bits per heavy atom. The van der Waals surface area contributed by atoms with Gasteiger partial charge in [0.05, 0.1) is 11.4 Å². The molecule has 0 bridgehead atoms. The Labute approximate surface area is 187 Å². The Kier molecular flexibility index (Phi) is 7.32. The van der Waals surface area contributed by atoms with E-state index in [0.29, 0.717) is 18.4 Å². The number of nitrogens with zero attached hydrogens (tertiary/aromatic N) is 3. The lowest BCUT2D eigenvalue weighted by Gasteiger charge is -2.26. The number of thiophene rings is 1. The normalized spacial score (nSPS) is 25.0. The maximum atomic E-state index is 12.9. The second kappa shape index (κ2) is 10.5. The highest BCUT2D eigenvalue weighted by Crippen LogP contribution is 2.27. The van der Waals surface area contributed by atoms with E-state index in [0.717, 1.165) is 73.0 Å². The van der Waals surface area contributed by atoms with Gasteiger partial charge < -0.3 is 21.3 Å². The summed E-state index contributed by atoms with van der Waals surface area (Å²) in [7, 11) is 0. The fourth-order valence-corrected chi connectivity index (χ4v) is 4.85. The third kappa shape index (κ3) is 5.92. The lowest BCUT2D eigenvalue weighted by Crippen LogP contribution is -2.46. The zero-order valence-electron chi connectivity index (χ0n) is 17.7. The number of hydrogen-bond donors (Lipinski definition) is 3. The van der Waals surface area contributed by atoms with Gasteiger partial charge in [-0.3, -0.25) is 4.79 Å². The van der Waals surface area contributed by atoms with Crippen LogP contribution in [0.1, 0.15) is 39.4 Å². The van der Waals surface area contributed by atoms with Crippen LogP contribution in [0.4, 0.5) is 0 Å². The summed E-state index contributed by atoms with van der Waals surface area (Å²) >= 11 is 1.56. The fourth-order valence-electron chi connectivity index (χ4n) is 3.78. The average molecular weight is 439 g/mol. The van der Waals surface area contributed by atoms with E-state index in [-0.39, 0.29) is 5.91 Å². The Morgan fingerprint density at radius 2 is 2.19 bits per heavy atom. The molecule has 1 fully saturated rings. The molecule has 1 aliphatic carbocycles. The standard InChI is InChI=1S/C23H30N6OS/c24-19-6-4-17(5-7-19)8-10-27-23-26-9-2-1-3-20-18(16-28-23)15-21(31-20)22(30)29-13-11-25-12-14-29/h1,3-4,6-7,9,15,17,25H,2,5,8,10-14,16,24H2,(H,27,28)/b3-1-,26-9-. The van der Waals surface area contributed by atoms with Crippen LogP contribution in [0.15, 0.2) is 46.1 Å². The molecule has 4 N–H and O–H groups in total. The molecule has 3 heterocycles. The van der Waals surface area contributed by atoms with Gasteiger partial charge in [0.15, 0.2) is 0 Å². The number of amides is 1. The number of guanidine groups is 1. The molecule has 0 spiro atoms. The van der Waals surface area contributed by atoms with E-state index >= 15 is 0 Å². The molecular formula is C23H30N6OS. The van der Waals surface area contributed by atoms with E-state index in [1.165, 1.54) is 0 Å². The number of piperazine rings is 1. The predicted octanol–water partition coefficient (Wildman–Crippen LogP) is 2.54. The van der Waals surface area contributed by atoms with Crippen LogP contribution >= 0.6 is 11.3 Å². The number of aliphatic imine (C=N–C) groups is 2. The monoisotopic (exact) mass is 438 g/mol. The number of rotatable bonds is 4. The van der Waals surface area contributed by atoms with Gasteiger partial charge in [-0.2, -0.15) is 0 Å². The summed E-state index contributed by atoms with van der Waals surface area (Å²) < 4.78 is 0. The van der Waals surface area contributed by atoms with Crippen molar-refractivity contribution < 1.29 is 4.79 Å². The highest BCUT2D eigenvalue weighted by atomic mass is 32.1. The molecule has 4 rings (SSSR count). The van der Waals surface area contributed by atoms with E-state index in [1.54, 1.807) is 11.3 Å². The van der Waals surface area contributed by atoms with Crippen molar-refractivity contribution >= 4 is 35.5 Å². The molecule has 31 heavy (non-hydrogen) atoms. The third-order valence-electron chi connectivity index (χ3n) is 5.60. The van der Waals surface area contributed by atoms with Gasteiger partial charge in [-0.15, -0.1) is 11.3 Å². The molecule has 1 saturated heterocycles. The smallest absolute Gasteiger partial charge is 0.264 e. The quantitative estimate of drug-likeness (QED) is 0.673. The SMILES string of the molecule is NC1=CCC(CCNC2=N/Cc3cc(C(=O)N4CCNCC4)sc3/C=C\C/C=N\2)C=C1. The summed E-state index contributed by atoms with van der Waals surface area (Å²) in [6.45, 7) is 4.54. The van der Waals surface area contributed by atoms with Crippen LogP contribution in [0.5, 0.6) is 0 Å². The van der Waals surface area contributed by atoms with E-state index in [1.807, 2.05) is 23.3 Å². The van der Waals surface area contributed by atoms with E-state index in [9.17, 15) is 4.79 Å². The molecule has 164 valence electrons. The van der Waals surface area contributed by atoms with Crippen molar-refractivity contribution in [2.75, 3.05) is 32.7 Å². The van der Waals surface area contributed by atoms with Crippen molar-refractivity contribution in [2.45, 2.75) is 25.8 Å². The molecule has 1 amide bonds. The summed E-state index contributed by atoms with van der Waals surface area (Å²) in [6, 6.07) is 2.00. The van der Waals surface area contributed by atoms with Crippen LogP contribution in [0, 0.1) is 5.92 Å². The van der Waals surface area contributed by atoms with Crippen LogP contribution in [0.25, 0.3) is 6.08 Å². The molecule has 1 unspecified atom stereocenters. The van der Waals surface area contributed by atoms with Gasteiger partial charge in [-0.05, 0) is 42.5 Å². The average Bonchev–Trinajstić information content (AvgIpc) is 3.21. The van der Waals surface area contributed by atoms with Crippen LogP contribution < -0.4 is 16.4 Å². The molecule has 0 saturated carbocycles. The van der Waals surface area contributed by atoms with Gasteiger partial charge in [0.2, 0.25) is 5.96 Å². The minimum atomic E-state index is 0.121. The van der Waals surface area contributed by atoms with Gasteiger partial charge >= 0.3 is 0 Å². The zero-order valence-corrected chi connectivity index (χ0v) is 18.5. The molecule has 0 aromatic carbocycles. The molecule has 7 nitrogen and oxygen atoms in total. The van der Waals surface area contributed by atoms with Gasteiger partial charge in [0, 0.05) is 55.9 Å². The zero-order chi connectivity index (χ0) is 21.5. The molecule has 1 aromatic heterocycles. The second-order valence-electron chi connectivity index (χ2n) is 7.91. The van der Waals surface area contributed by atoms with Gasteiger partial charge in [0.1, 0.15) is 0 Å². The van der Waals surface area contributed by atoms with Crippen molar-refractivity contribution in [3.8, 4) is 0 Å². The number of fused-ring (bicyclic) bond motifs is 1. The first-order chi connectivity index (χ1) is 15.2. The van der Waals surface area contributed by atoms with E-state index < -0.39 is 0 Å². The van der Waals surface area contributed by atoms with Crippen LogP contribution in [0.2, 0.25) is 0 Å². The number of nitrogens with one attached hydrogen (secondary N) is 2. The molecule has 1 aromatic rings. The second-order valence-corrected chi connectivity index (χ2v) is 8.99. The van der Waals surface area contributed by atoms with Crippen molar-refractivity contribution in [1.82, 2.24) is 15.5 Å². The summed E-state index contributed by atoms with van der Waals surface area (Å²) in [4.78, 5) is 25.9. The van der Waals surface area contributed by atoms with Crippen molar-refractivity contribution in [2.24, 2.45) is 21.6 Å². The van der Waals surface area contributed by atoms with Gasteiger partial charge in [-0.1, -0.05) is 18.2 Å². The Bertz CT molecular complexity index is 936. The first-order valence-electron chi connectivity index (χ1n) is 10.9. The third-order valence-corrected chi connectivity index (χ3v) is 6.73. The minimum absolute atomic E-state index is 0.121. The Hall–Kier alpha value is -2.71. The summed E-state index contributed by atoms with van der Waals surface area (Å²) in [6.07, 6.45) is 15.0. The molecule has 1 atom stereocenters. The maximum absolute atomic E-state index is 12.9. The van der Waals surface area contributed by atoms with Gasteiger partial charge in [0.25, 0.3) is 5.91 Å². The maximum Gasteiger partial charge on any atom is 0.264 e. The van der Waals surface area contributed by atoms with Gasteiger partial charge in [-0.25, -0.2) is 9.98 Å². The Morgan fingerprint density at radius 1 is 1.32 bits per heavy atom. The number of hydrogen-bond acceptors (Lipinski definition) is 7. The van der Waals surface area contributed by atoms with E-state index in [2.05, 4.69) is 39.9 Å². The lowest BCUT2D eigenvalue weighted by molar-refractivity contribution is 0.0740. The molecule has 0 radical (unpaired) electrons. The highest BCUT2D eigenvalue weighted by Gasteiger charge is 2.21. The first kappa shape index (κ1) is 21.5. The predicted molar refractivity (Wildman–Crippen MR) is 129 cm³/mol. The summed E-state index contributed by atoms with van der Waals surface area (Å²) in [5, 5.41) is 6.66. The molecule has 2 aliphatic heterocycles. The molecule has 3 aliphatic rings. The van der Waals surface area contributed by atoms with Crippen molar-refractivity contribution in [3.05, 3.63) is 51.4 Å². The van der Waals surface area contributed by atoms with Crippen LogP contribution in [-0.2, 0) is 6.54 Å². The van der Waals surface area contributed by atoms with Crippen molar-refractivity contribution in [1.29, 1.82) is 0 Å². The molecule has 8 heteroatoms. The largest absolute Gasteiger partial charge is 0.399 e. The number of allylic oxidation sites excluding steroid dienone is 4. The highest BCUT2D eigenvalue weighted by molar-refractivity contribution is 7.15. The van der Waals surface area contributed by atoms with Crippen molar-refractivity contribution in [3.63, 3.8) is 0 Å². The molecular weight excluding hydrogens is 408 g/mol. The number of nitrogens with two attached hydrogens (primary N) is 1. The minimum Gasteiger partial charge on any atom is -0.399 e. The summed E-state index contributed by atoms with van der Waals surface area (Å²) in [5.41, 5.74) is 7.72. The number of carbonyl (C=O) groups excluding carboxylic acids is 1.